The fourth-order valence-corrected chi connectivity index (χ4v) is 3.03. The van der Waals surface area contributed by atoms with Gasteiger partial charge in [0, 0.05) is 5.56 Å². The van der Waals surface area contributed by atoms with Crippen LogP contribution in [0.2, 0.25) is 0 Å². The topological polar surface area (TPSA) is 60.2 Å². The van der Waals surface area contributed by atoms with Gasteiger partial charge in [-0.25, -0.2) is 0 Å². The molecule has 0 bridgehead atoms. The number of rotatable bonds is 2. The number of benzene rings is 1. The first-order valence-corrected chi connectivity index (χ1v) is 7.20. The molecule has 5 heteroatoms. The zero-order chi connectivity index (χ0) is 13.4. The van der Waals surface area contributed by atoms with Gasteiger partial charge in [0.1, 0.15) is 5.75 Å². The van der Waals surface area contributed by atoms with Crippen molar-refractivity contribution in [2.45, 2.75) is 31.2 Å². The van der Waals surface area contributed by atoms with Gasteiger partial charge in [-0.2, -0.15) is 4.98 Å². The van der Waals surface area contributed by atoms with Crippen LogP contribution < -0.4 is 10.1 Å². The van der Waals surface area contributed by atoms with Gasteiger partial charge < -0.3 is 14.6 Å². The Bertz CT molecular complexity index is 605. The van der Waals surface area contributed by atoms with Gasteiger partial charge in [0.25, 0.3) is 0 Å². The highest BCUT2D eigenvalue weighted by atomic mass is 16.5. The number of aromatic nitrogens is 2. The minimum absolute atomic E-state index is 0.155. The first-order valence-electron chi connectivity index (χ1n) is 7.20. The number of nitrogens with zero attached hydrogens (tertiary/aromatic N) is 2. The Morgan fingerprint density at radius 3 is 3.05 bits per heavy atom. The van der Waals surface area contributed by atoms with E-state index in [1.54, 1.807) is 0 Å². The fraction of sp³-hybridized carbons (Fsp3) is 0.467. The zero-order valence-electron chi connectivity index (χ0n) is 11.2. The lowest BCUT2D eigenvalue weighted by atomic mass is 9.93. The highest BCUT2D eigenvalue weighted by Gasteiger charge is 2.29. The summed E-state index contributed by atoms with van der Waals surface area (Å²) in [7, 11) is 0. The fourth-order valence-electron chi connectivity index (χ4n) is 3.03. The van der Waals surface area contributed by atoms with Crippen LogP contribution in [-0.4, -0.2) is 23.3 Å². The molecule has 2 aliphatic heterocycles. The van der Waals surface area contributed by atoms with E-state index in [0.717, 1.165) is 36.5 Å². The molecule has 1 fully saturated rings. The largest absolute Gasteiger partial charge is 0.493 e. The van der Waals surface area contributed by atoms with Crippen molar-refractivity contribution < 1.29 is 9.26 Å². The van der Waals surface area contributed by atoms with Crippen molar-refractivity contribution in [2.24, 2.45) is 0 Å². The van der Waals surface area contributed by atoms with Gasteiger partial charge in [0.15, 0.2) is 5.82 Å². The van der Waals surface area contributed by atoms with Crippen LogP contribution in [-0.2, 0) is 0 Å². The summed E-state index contributed by atoms with van der Waals surface area (Å²) < 4.78 is 11.2. The van der Waals surface area contributed by atoms with Crippen LogP contribution in [0.5, 0.6) is 5.75 Å². The molecule has 1 aromatic heterocycles. The first kappa shape index (κ1) is 11.9. The molecule has 1 saturated heterocycles. The molecule has 1 N–H and O–H groups in total. The normalized spacial score (nSPS) is 25.2. The molecule has 5 nitrogen and oxygen atoms in total. The summed E-state index contributed by atoms with van der Waals surface area (Å²) in [6, 6.07) is 8.34. The second kappa shape index (κ2) is 4.90. The number of hydrogen-bond donors (Lipinski definition) is 1. The average Bonchev–Trinajstić information content (AvgIpc) is 3.17. The molecule has 4 rings (SSSR count). The van der Waals surface area contributed by atoms with Gasteiger partial charge in [-0.05, 0) is 31.9 Å². The van der Waals surface area contributed by atoms with Crippen LogP contribution in [0.1, 0.15) is 48.5 Å². The SMILES string of the molecule is c1ccc2c(c1)OCCC2c1nc(C2CCCN2)no1. The number of fused-ring (bicyclic) bond motifs is 1. The van der Waals surface area contributed by atoms with Gasteiger partial charge in [-0.1, -0.05) is 23.4 Å². The summed E-state index contributed by atoms with van der Waals surface area (Å²) >= 11 is 0. The molecule has 20 heavy (non-hydrogen) atoms. The molecular weight excluding hydrogens is 254 g/mol. The Morgan fingerprint density at radius 1 is 1.20 bits per heavy atom. The number of nitrogens with one attached hydrogen (secondary N) is 1. The zero-order valence-corrected chi connectivity index (χ0v) is 11.2. The van der Waals surface area contributed by atoms with E-state index in [4.69, 9.17) is 9.26 Å². The molecule has 0 saturated carbocycles. The van der Waals surface area contributed by atoms with Crippen molar-refractivity contribution in [1.29, 1.82) is 0 Å². The molecule has 2 unspecified atom stereocenters. The lowest BCUT2D eigenvalue weighted by Gasteiger charge is -2.22. The van der Waals surface area contributed by atoms with Crippen LogP contribution in [0, 0.1) is 0 Å². The van der Waals surface area contributed by atoms with Crippen molar-refractivity contribution in [3.8, 4) is 5.75 Å². The number of ether oxygens (including phenoxy) is 1. The summed E-state index contributed by atoms with van der Waals surface area (Å²) in [5.41, 5.74) is 1.15. The van der Waals surface area contributed by atoms with E-state index in [-0.39, 0.29) is 12.0 Å². The van der Waals surface area contributed by atoms with Gasteiger partial charge in [0.2, 0.25) is 5.89 Å². The molecule has 0 aliphatic carbocycles. The molecular formula is C15H17N3O2. The molecule has 104 valence electrons. The van der Waals surface area contributed by atoms with E-state index < -0.39 is 0 Å². The third-order valence-electron chi connectivity index (χ3n) is 4.09. The van der Waals surface area contributed by atoms with Gasteiger partial charge >= 0.3 is 0 Å². The third kappa shape index (κ3) is 1.98. The maximum absolute atomic E-state index is 5.68. The van der Waals surface area contributed by atoms with E-state index >= 15 is 0 Å². The van der Waals surface area contributed by atoms with Crippen LogP contribution in [0.4, 0.5) is 0 Å². The van der Waals surface area contributed by atoms with E-state index in [2.05, 4.69) is 21.5 Å². The van der Waals surface area contributed by atoms with Gasteiger partial charge in [-0.15, -0.1) is 0 Å². The first-order chi connectivity index (χ1) is 9.92. The van der Waals surface area contributed by atoms with Crippen LogP contribution in [0.3, 0.4) is 0 Å². The lowest BCUT2D eigenvalue weighted by Crippen LogP contribution is -2.16. The van der Waals surface area contributed by atoms with Crippen LogP contribution in [0.25, 0.3) is 0 Å². The standard InChI is InChI=1S/C15H17N3O2/c1-2-6-13-10(4-1)11(7-9-19-13)15-17-14(18-20-15)12-5-3-8-16-12/h1-2,4,6,11-12,16H,3,5,7-9H2. The van der Waals surface area contributed by atoms with Crippen LogP contribution in [0.15, 0.2) is 28.8 Å². The second-order valence-corrected chi connectivity index (χ2v) is 5.37. The Balaban J connectivity index is 1.65. The number of hydrogen-bond acceptors (Lipinski definition) is 5. The van der Waals surface area contributed by atoms with Gasteiger partial charge in [0.05, 0.1) is 18.6 Å². The summed E-state index contributed by atoms with van der Waals surface area (Å²) in [4.78, 5) is 4.62. The predicted octanol–water partition coefficient (Wildman–Crippen LogP) is 2.41. The molecule has 2 atom stereocenters. The minimum Gasteiger partial charge on any atom is -0.493 e. The highest BCUT2D eigenvalue weighted by molar-refractivity contribution is 5.40. The van der Waals surface area contributed by atoms with E-state index in [9.17, 15) is 0 Å². The van der Waals surface area contributed by atoms with Crippen LogP contribution >= 0.6 is 0 Å². The second-order valence-electron chi connectivity index (χ2n) is 5.37. The summed E-state index contributed by atoms with van der Waals surface area (Å²) in [5.74, 6) is 2.59. The highest BCUT2D eigenvalue weighted by Crippen LogP contribution is 2.37. The molecule has 0 amide bonds. The quantitative estimate of drug-likeness (QED) is 0.909. The Kier molecular flexibility index (Phi) is 2.92. The molecule has 1 aromatic carbocycles. The maximum Gasteiger partial charge on any atom is 0.234 e. The van der Waals surface area contributed by atoms with Crippen molar-refractivity contribution >= 4 is 0 Å². The molecule has 2 aromatic rings. The Hall–Kier alpha value is -1.88. The average molecular weight is 271 g/mol. The molecule has 3 heterocycles. The van der Waals surface area contributed by atoms with Crippen molar-refractivity contribution in [3.63, 3.8) is 0 Å². The smallest absolute Gasteiger partial charge is 0.234 e. The Labute approximate surface area is 117 Å². The van der Waals surface area contributed by atoms with Crippen molar-refractivity contribution in [2.75, 3.05) is 13.2 Å². The van der Waals surface area contributed by atoms with Crippen molar-refractivity contribution in [3.05, 3.63) is 41.5 Å². The molecule has 0 radical (unpaired) electrons. The molecule has 2 aliphatic rings. The number of para-hydroxylation sites is 1. The summed E-state index contributed by atoms with van der Waals surface area (Å²) in [6.07, 6.45) is 3.15. The van der Waals surface area contributed by atoms with E-state index in [0.29, 0.717) is 12.5 Å². The summed E-state index contributed by atoms with van der Waals surface area (Å²) in [5, 5.41) is 7.56. The maximum atomic E-state index is 5.68. The monoisotopic (exact) mass is 271 g/mol. The minimum atomic E-state index is 0.155. The van der Waals surface area contributed by atoms with Crippen molar-refractivity contribution in [1.82, 2.24) is 15.5 Å². The van der Waals surface area contributed by atoms with E-state index in [1.807, 2.05) is 18.2 Å². The predicted molar refractivity (Wildman–Crippen MR) is 72.7 cm³/mol. The summed E-state index contributed by atoms with van der Waals surface area (Å²) in [6.45, 7) is 1.73. The third-order valence-corrected chi connectivity index (χ3v) is 4.09. The molecule has 0 spiro atoms. The lowest BCUT2D eigenvalue weighted by molar-refractivity contribution is 0.256. The van der Waals surface area contributed by atoms with E-state index in [1.165, 1.54) is 6.42 Å². The van der Waals surface area contributed by atoms with Gasteiger partial charge in [-0.3, -0.25) is 0 Å². The Morgan fingerprint density at radius 2 is 2.15 bits per heavy atom.